The molecule has 0 bridgehead atoms. The quantitative estimate of drug-likeness (QED) is 0.575. The summed E-state index contributed by atoms with van der Waals surface area (Å²) >= 11 is 0. The number of aliphatic hydroxyl groups is 1. The summed E-state index contributed by atoms with van der Waals surface area (Å²) in [7, 11) is 0. The molecule has 0 saturated heterocycles. The van der Waals surface area contributed by atoms with E-state index in [4.69, 9.17) is 0 Å². The van der Waals surface area contributed by atoms with Crippen molar-refractivity contribution in [2.75, 3.05) is 6.54 Å². The molecule has 0 aliphatic heterocycles. The lowest BCUT2D eigenvalue weighted by molar-refractivity contribution is -0.384. The van der Waals surface area contributed by atoms with E-state index in [9.17, 15) is 15.2 Å². The average molecular weight is 236 g/mol. The first kappa shape index (κ1) is 12.0. The van der Waals surface area contributed by atoms with E-state index in [1.807, 2.05) is 0 Å². The van der Waals surface area contributed by atoms with Crippen molar-refractivity contribution in [3.05, 3.63) is 39.9 Å². The Labute approximate surface area is 99.6 Å². The van der Waals surface area contributed by atoms with Crippen molar-refractivity contribution in [1.29, 1.82) is 0 Å². The van der Waals surface area contributed by atoms with E-state index in [0.29, 0.717) is 19.0 Å². The lowest BCUT2D eigenvalue weighted by atomic mass is 10.1. The van der Waals surface area contributed by atoms with Gasteiger partial charge in [0, 0.05) is 24.7 Å². The van der Waals surface area contributed by atoms with Gasteiger partial charge in [-0.3, -0.25) is 10.1 Å². The van der Waals surface area contributed by atoms with Crippen LogP contribution in [0.3, 0.4) is 0 Å². The molecule has 1 saturated carbocycles. The molecule has 1 atom stereocenters. The van der Waals surface area contributed by atoms with Crippen LogP contribution >= 0.6 is 0 Å². The predicted octanol–water partition coefficient (Wildman–Crippen LogP) is 1.25. The number of hydrogen-bond acceptors (Lipinski definition) is 4. The highest BCUT2D eigenvalue weighted by Crippen LogP contribution is 2.19. The van der Waals surface area contributed by atoms with Crippen molar-refractivity contribution in [1.82, 2.24) is 5.32 Å². The van der Waals surface area contributed by atoms with E-state index in [1.165, 1.54) is 25.0 Å². The fourth-order valence-corrected chi connectivity index (χ4v) is 1.73. The standard InChI is InChI=1S/C12H16N2O3/c15-12(8-13-10-4-5-10)7-9-2-1-3-11(6-9)14(16)17/h1-3,6,10,12-13,15H,4-5,7-8H2. The van der Waals surface area contributed by atoms with Gasteiger partial charge in [0.2, 0.25) is 0 Å². The molecule has 1 aliphatic rings. The minimum atomic E-state index is -0.488. The van der Waals surface area contributed by atoms with Gasteiger partial charge in [0.25, 0.3) is 5.69 Å². The number of benzene rings is 1. The van der Waals surface area contributed by atoms with Crippen LogP contribution in [0.2, 0.25) is 0 Å². The zero-order valence-corrected chi connectivity index (χ0v) is 9.50. The van der Waals surface area contributed by atoms with Crippen LogP contribution in [-0.4, -0.2) is 28.7 Å². The molecule has 1 aliphatic carbocycles. The van der Waals surface area contributed by atoms with Crippen molar-refractivity contribution in [2.45, 2.75) is 31.4 Å². The minimum Gasteiger partial charge on any atom is -0.391 e. The molecule has 0 heterocycles. The van der Waals surface area contributed by atoms with Gasteiger partial charge in [0.1, 0.15) is 0 Å². The van der Waals surface area contributed by atoms with Crippen LogP contribution in [0.1, 0.15) is 18.4 Å². The Morgan fingerprint density at radius 3 is 2.94 bits per heavy atom. The third-order valence-electron chi connectivity index (χ3n) is 2.81. The van der Waals surface area contributed by atoms with E-state index in [1.54, 1.807) is 12.1 Å². The molecule has 5 heteroatoms. The molecule has 1 unspecified atom stereocenters. The van der Waals surface area contributed by atoms with E-state index in [0.717, 1.165) is 5.56 Å². The monoisotopic (exact) mass is 236 g/mol. The summed E-state index contributed by atoms with van der Waals surface area (Å²) < 4.78 is 0. The van der Waals surface area contributed by atoms with Crippen LogP contribution in [0.25, 0.3) is 0 Å². The number of non-ortho nitro benzene ring substituents is 1. The summed E-state index contributed by atoms with van der Waals surface area (Å²) in [5, 5.41) is 23.6. The van der Waals surface area contributed by atoms with E-state index in [-0.39, 0.29) is 5.69 Å². The maximum Gasteiger partial charge on any atom is 0.269 e. The van der Waals surface area contributed by atoms with Gasteiger partial charge in [-0.25, -0.2) is 0 Å². The maximum atomic E-state index is 10.6. The van der Waals surface area contributed by atoms with Crippen LogP contribution in [0.5, 0.6) is 0 Å². The van der Waals surface area contributed by atoms with Crippen molar-refractivity contribution in [3.63, 3.8) is 0 Å². The summed E-state index contributed by atoms with van der Waals surface area (Å²) in [4.78, 5) is 10.2. The summed E-state index contributed by atoms with van der Waals surface area (Å²) in [6.45, 7) is 0.549. The number of nitrogens with zero attached hydrogens (tertiary/aromatic N) is 1. The summed E-state index contributed by atoms with van der Waals surface area (Å²) in [5.41, 5.74) is 0.870. The van der Waals surface area contributed by atoms with Crippen LogP contribution < -0.4 is 5.32 Å². The molecule has 17 heavy (non-hydrogen) atoms. The topological polar surface area (TPSA) is 75.4 Å². The zero-order valence-electron chi connectivity index (χ0n) is 9.50. The first-order chi connectivity index (χ1) is 8.15. The molecule has 0 radical (unpaired) electrons. The van der Waals surface area contributed by atoms with Crippen LogP contribution in [0.4, 0.5) is 5.69 Å². The van der Waals surface area contributed by atoms with Crippen molar-refractivity contribution < 1.29 is 10.0 Å². The average Bonchev–Trinajstić information content (AvgIpc) is 3.10. The van der Waals surface area contributed by atoms with Crippen LogP contribution in [0.15, 0.2) is 24.3 Å². The number of nitro groups is 1. The fourth-order valence-electron chi connectivity index (χ4n) is 1.73. The fraction of sp³-hybridized carbons (Fsp3) is 0.500. The molecule has 0 amide bonds. The largest absolute Gasteiger partial charge is 0.391 e. The van der Waals surface area contributed by atoms with Gasteiger partial charge in [0.15, 0.2) is 0 Å². The molecule has 1 aromatic rings. The smallest absolute Gasteiger partial charge is 0.269 e. The maximum absolute atomic E-state index is 10.6. The number of aliphatic hydroxyl groups excluding tert-OH is 1. The molecule has 1 fully saturated rings. The van der Waals surface area contributed by atoms with Gasteiger partial charge < -0.3 is 10.4 Å². The zero-order chi connectivity index (χ0) is 12.3. The van der Waals surface area contributed by atoms with Crippen molar-refractivity contribution >= 4 is 5.69 Å². The Kier molecular flexibility index (Phi) is 3.71. The second-order valence-electron chi connectivity index (χ2n) is 4.47. The molecule has 92 valence electrons. The van der Waals surface area contributed by atoms with Crippen molar-refractivity contribution in [2.24, 2.45) is 0 Å². The highest BCUT2D eigenvalue weighted by molar-refractivity contribution is 5.34. The van der Waals surface area contributed by atoms with E-state index in [2.05, 4.69) is 5.32 Å². The Balaban J connectivity index is 1.87. The first-order valence-electron chi connectivity index (χ1n) is 5.80. The summed E-state index contributed by atoms with van der Waals surface area (Å²) in [5.74, 6) is 0. The van der Waals surface area contributed by atoms with Crippen molar-refractivity contribution in [3.8, 4) is 0 Å². The SMILES string of the molecule is O=[N+]([O-])c1cccc(CC(O)CNC2CC2)c1. The Bertz CT molecular complexity index is 404. The second-order valence-corrected chi connectivity index (χ2v) is 4.47. The van der Waals surface area contributed by atoms with Gasteiger partial charge in [-0.2, -0.15) is 0 Å². The highest BCUT2D eigenvalue weighted by atomic mass is 16.6. The summed E-state index contributed by atoms with van der Waals surface area (Å²) in [6, 6.07) is 6.98. The van der Waals surface area contributed by atoms with Gasteiger partial charge in [-0.1, -0.05) is 12.1 Å². The van der Waals surface area contributed by atoms with Crippen LogP contribution in [0, 0.1) is 10.1 Å². The Morgan fingerprint density at radius 2 is 2.29 bits per heavy atom. The molecular formula is C12H16N2O3. The lowest BCUT2D eigenvalue weighted by Gasteiger charge is -2.11. The Hall–Kier alpha value is -1.46. The molecule has 0 spiro atoms. The van der Waals surface area contributed by atoms with Gasteiger partial charge in [-0.15, -0.1) is 0 Å². The second kappa shape index (κ2) is 5.25. The third kappa shape index (κ3) is 3.80. The molecule has 2 rings (SSSR count). The van der Waals surface area contributed by atoms with Crippen LogP contribution in [-0.2, 0) is 6.42 Å². The predicted molar refractivity (Wildman–Crippen MR) is 63.8 cm³/mol. The minimum absolute atomic E-state index is 0.0739. The molecular weight excluding hydrogens is 220 g/mol. The highest BCUT2D eigenvalue weighted by Gasteiger charge is 2.21. The summed E-state index contributed by atoms with van der Waals surface area (Å²) in [6.07, 6.45) is 2.33. The number of nitro benzene ring substituents is 1. The molecule has 0 aromatic heterocycles. The van der Waals surface area contributed by atoms with Gasteiger partial charge in [-0.05, 0) is 24.8 Å². The number of nitrogens with one attached hydrogen (secondary N) is 1. The normalized spacial score (nSPS) is 16.8. The third-order valence-corrected chi connectivity index (χ3v) is 2.81. The van der Waals surface area contributed by atoms with Gasteiger partial charge in [0.05, 0.1) is 11.0 Å². The lowest BCUT2D eigenvalue weighted by Crippen LogP contribution is -2.29. The molecule has 2 N–H and O–H groups in total. The van der Waals surface area contributed by atoms with Gasteiger partial charge >= 0.3 is 0 Å². The Morgan fingerprint density at radius 1 is 1.53 bits per heavy atom. The molecule has 5 nitrogen and oxygen atoms in total. The first-order valence-corrected chi connectivity index (χ1v) is 5.80. The number of rotatable bonds is 6. The van der Waals surface area contributed by atoms with E-state index >= 15 is 0 Å². The molecule has 1 aromatic carbocycles. The number of hydrogen-bond donors (Lipinski definition) is 2. The van der Waals surface area contributed by atoms with E-state index < -0.39 is 11.0 Å².